The average Bonchev–Trinajstić information content (AvgIpc) is 3.32. The van der Waals surface area contributed by atoms with Gasteiger partial charge < -0.3 is 15.1 Å². The number of fused-ring (bicyclic) bond motifs is 1. The van der Waals surface area contributed by atoms with Gasteiger partial charge in [0.15, 0.2) is 0 Å². The highest BCUT2D eigenvalue weighted by molar-refractivity contribution is 7.15. The number of aromatic nitrogens is 4. The summed E-state index contributed by atoms with van der Waals surface area (Å²) in [6.07, 6.45) is 0. The normalized spacial score (nSPS) is 16.6. The lowest BCUT2D eigenvalue weighted by molar-refractivity contribution is 0.0642. The van der Waals surface area contributed by atoms with E-state index >= 15 is 0 Å². The highest BCUT2D eigenvalue weighted by Gasteiger charge is 2.35. The zero-order valence-corrected chi connectivity index (χ0v) is 18.6. The number of amides is 2. The molecule has 0 atom stereocenters. The van der Waals surface area contributed by atoms with Crippen LogP contribution in [0.25, 0.3) is 0 Å². The third-order valence-corrected chi connectivity index (χ3v) is 6.35. The number of nitrogens with one attached hydrogen (secondary N) is 1. The van der Waals surface area contributed by atoms with Crippen molar-refractivity contribution in [3.63, 3.8) is 0 Å². The number of hydrogen-bond acceptors (Lipinski definition) is 10. The minimum Gasteiger partial charge on any atom is -0.354 e. The quantitative estimate of drug-likeness (QED) is 0.583. The third-order valence-electron chi connectivity index (χ3n) is 5.53. The molecule has 0 spiro atoms. The summed E-state index contributed by atoms with van der Waals surface area (Å²) in [5.74, 6) is 1.57. The molecule has 2 aromatic heterocycles. The first-order valence-corrected chi connectivity index (χ1v) is 11.1. The maximum Gasteiger partial charge on any atom is 0.261 e. The fourth-order valence-corrected chi connectivity index (χ4v) is 4.54. The molecule has 2 aliphatic heterocycles. The number of likely N-dealkylation sites (N-methyl/N-ethyl adjacent to an activating group) is 1. The van der Waals surface area contributed by atoms with E-state index in [-0.39, 0.29) is 18.4 Å². The summed E-state index contributed by atoms with van der Waals surface area (Å²) in [6.45, 7) is 5.75. The first-order valence-electron chi connectivity index (χ1n) is 10.3. The number of hydrogen-bond donors (Lipinski definition) is 1. The Kier molecular flexibility index (Phi) is 5.27. The summed E-state index contributed by atoms with van der Waals surface area (Å²) in [5.41, 5.74) is 0.849. The van der Waals surface area contributed by atoms with Gasteiger partial charge in [-0.1, -0.05) is 23.5 Å². The Morgan fingerprint density at radius 2 is 1.69 bits per heavy atom. The number of piperazine rings is 1. The van der Waals surface area contributed by atoms with E-state index in [1.807, 2.05) is 13.0 Å². The summed E-state index contributed by atoms with van der Waals surface area (Å²) >= 11 is 1.28. The molecule has 1 saturated heterocycles. The van der Waals surface area contributed by atoms with Crippen molar-refractivity contribution < 1.29 is 9.59 Å². The van der Waals surface area contributed by atoms with Crippen molar-refractivity contribution >= 4 is 39.9 Å². The molecule has 10 nitrogen and oxygen atoms in total. The maximum atomic E-state index is 12.6. The fraction of sp³-hybridized carbons (Fsp3) is 0.333. The smallest absolute Gasteiger partial charge is 0.261 e. The van der Waals surface area contributed by atoms with Gasteiger partial charge in [0.2, 0.25) is 5.13 Å². The molecule has 4 heterocycles. The molecule has 2 amide bonds. The van der Waals surface area contributed by atoms with Gasteiger partial charge in [-0.25, -0.2) is 9.97 Å². The van der Waals surface area contributed by atoms with Gasteiger partial charge in [0.25, 0.3) is 11.8 Å². The Labute approximate surface area is 188 Å². The first kappa shape index (κ1) is 20.5. The molecule has 3 aromatic rings. The van der Waals surface area contributed by atoms with Gasteiger partial charge in [-0.3, -0.25) is 14.5 Å². The maximum absolute atomic E-state index is 12.6. The van der Waals surface area contributed by atoms with Crippen LogP contribution in [-0.2, 0) is 6.54 Å². The van der Waals surface area contributed by atoms with Crippen LogP contribution >= 0.6 is 11.3 Å². The Morgan fingerprint density at radius 1 is 1.00 bits per heavy atom. The molecule has 0 unspecified atom stereocenters. The molecule has 1 N–H and O–H groups in total. The van der Waals surface area contributed by atoms with Crippen molar-refractivity contribution in [2.24, 2.45) is 0 Å². The van der Waals surface area contributed by atoms with Crippen LogP contribution in [0.5, 0.6) is 0 Å². The lowest BCUT2D eigenvalue weighted by Gasteiger charge is -2.33. The standard InChI is InChI=1S/C21H22N8O2S/c1-13-22-16(11-17(23-13)28-9-7-27(2)8-10-28)24-21-26-25-18(32-21)12-29-19(30)14-5-3-4-6-15(14)20(29)31/h3-6,11H,7-10,12H2,1-2H3,(H,22,23,24,26). The Hall–Kier alpha value is -3.44. The Bertz CT molecular complexity index is 1150. The van der Waals surface area contributed by atoms with Gasteiger partial charge in [-0.05, 0) is 26.1 Å². The zero-order valence-electron chi connectivity index (χ0n) is 17.8. The van der Waals surface area contributed by atoms with Crippen LogP contribution in [-0.4, -0.2) is 75.0 Å². The largest absolute Gasteiger partial charge is 0.354 e. The van der Waals surface area contributed by atoms with Gasteiger partial charge in [-0.15, -0.1) is 10.2 Å². The highest BCUT2D eigenvalue weighted by Crippen LogP contribution is 2.27. The molecular formula is C21H22N8O2S. The van der Waals surface area contributed by atoms with Crippen LogP contribution in [0.4, 0.5) is 16.8 Å². The summed E-state index contributed by atoms with van der Waals surface area (Å²) < 4.78 is 0. The Balaban J connectivity index is 1.29. The zero-order chi connectivity index (χ0) is 22.2. The monoisotopic (exact) mass is 450 g/mol. The number of imide groups is 1. The lowest BCUT2D eigenvalue weighted by atomic mass is 10.1. The predicted octanol–water partition coefficient (Wildman–Crippen LogP) is 1.93. The number of rotatable bonds is 5. The first-order chi connectivity index (χ1) is 15.5. The van der Waals surface area contributed by atoms with Crippen molar-refractivity contribution in [1.29, 1.82) is 0 Å². The fourth-order valence-electron chi connectivity index (χ4n) is 3.81. The SMILES string of the molecule is Cc1nc(Nc2nnc(CN3C(=O)c4ccccc4C3=O)s2)cc(N2CCN(C)CC2)n1. The molecule has 2 aliphatic rings. The average molecular weight is 451 g/mol. The number of carbonyl (C=O) groups excluding carboxylic acids is 2. The molecule has 0 bridgehead atoms. The van der Waals surface area contributed by atoms with Crippen LogP contribution < -0.4 is 10.2 Å². The van der Waals surface area contributed by atoms with Crippen LogP contribution in [0, 0.1) is 6.92 Å². The molecule has 0 aliphatic carbocycles. The topological polar surface area (TPSA) is 107 Å². The van der Waals surface area contributed by atoms with Gasteiger partial charge in [0, 0.05) is 32.2 Å². The molecular weight excluding hydrogens is 428 g/mol. The second kappa shape index (κ2) is 8.24. The number of anilines is 3. The molecule has 32 heavy (non-hydrogen) atoms. The van der Waals surface area contributed by atoms with Crippen LogP contribution in [0.1, 0.15) is 31.5 Å². The van der Waals surface area contributed by atoms with E-state index < -0.39 is 0 Å². The van der Waals surface area contributed by atoms with Crippen LogP contribution in [0.3, 0.4) is 0 Å². The number of carbonyl (C=O) groups is 2. The van der Waals surface area contributed by atoms with Crippen LogP contribution in [0.2, 0.25) is 0 Å². The highest BCUT2D eigenvalue weighted by atomic mass is 32.1. The van der Waals surface area contributed by atoms with Crippen molar-refractivity contribution in [2.45, 2.75) is 13.5 Å². The van der Waals surface area contributed by atoms with E-state index in [0.29, 0.717) is 32.9 Å². The molecule has 164 valence electrons. The summed E-state index contributed by atoms with van der Waals surface area (Å²) in [5, 5.41) is 12.6. The Morgan fingerprint density at radius 3 is 2.38 bits per heavy atom. The second-order valence-corrected chi connectivity index (χ2v) is 8.88. The second-order valence-electron chi connectivity index (χ2n) is 7.82. The van der Waals surface area contributed by atoms with Gasteiger partial charge in [0.05, 0.1) is 17.7 Å². The van der Waals surface area contributed by atoms with Crippen LogP contribution in [0.15, 0.2) is 30.3 Å². The number of benzene rings is 1. The third kappa shape index (κ3) is 3.92. The van der Waals surface area contributed by atoms with Crippen molar-refractivity contribution in [2.75, 3.05) is 43.4 Å². The molecule has 0 radical (unpaired) electrons. The summed E-state index contributed by atoms with van der Waals surface area (Å²) in [4.78, 5) is 39.9. The predicted molar refractivity (Wildman–Crippen MR) is 120 cm³/mol. The van der Waals surface area contributed by atoms with E-state index in [0.717, 1.165) is 32.0 Å². The van der Waals surface area contributed by atoms with E-state index in [4.69, 9.17) is 0 Å². The van der Waals surface area contributed by atoms with Crippen molar-refractivity contribution in [3.8, 4) is 0 Å². The minimum absolute atomic E-state index is 0.0844. The number of aryl methyl sites for hydroxylation is 1. The lowest BCUT2D eigenvalue weighted by Crippen LogP contribution is -2.44. The van der Waals surface area contributed by atoms with E-state index in [2.05, 4.69) is 42.3 Å². The van der Waals surface area contributed by atoms with Crippen molar-refractivity contribution in [3.05, 3.63) is 52.3 Å². The molecule has 1 aromatic carbocycles. The minimum atomic E-state index is -0.307. The van der Waals surface area contributed by atoms with Gasteiger partial charge in [0.1, 0.15) is 22.5 Å². The van der Waals surface area contributed by atoms with E-state index in [1.54, 1.807) is 24.3 Å². The summed E-state index contributed by atoms with van der Waals surface area (Å²) in [7, 11) is 2.12. The molecule has 5 rings (SSSR count). The molecule has 0 saturated carbocycles. The van der Waals surface area contributed by atoms with Crippen molar-refractivity contribution in [1.82, 2.24) is 30.0 Å². The van der Waals surface area contributed by atoms with Gasteiger partial charge >= 0.3 is 0 Å². The molecule has 1 fully saturated rings. The van der Waals surface area contributed by atoms with E-state index in [1.165, 1.54) is 16.2 Å². The summed E-state index contributed by atoms with van der Waals surface area (Å²) in [6, 6.07) is 8.74. The van der Waals surface area contributed by atoms with E-state index in [9.17, 15) is 9.59 Å². The molecule has 11 heteroatoms. The van der Waals surface area contributed by atoms with Gasteiger partial charge in [-0.2, -0.15) is 0 Å². The number of nitrogens with zero attached hydrogens (tertiary/aromatic N) is 7.